The van der Waals surface area contributed by atoms with E-state index in [0.717, 1.165) is 12.0 Å². The van der Waals surface area contributed by atoms with Crippen molar-refractivity contribution < 1.29 is 0 Å². The SMILES string of the molecule is CCN1CN=C([Si](C)(C)C)NC1=N. The molecule has 0 fully saturated rings. The molecule has 1 aliphatic rings. The first-order chi connectivity index (χ1) is 5.95. The van der Waals surface area contributed by atoms with Gasteiger partial charge in [-0.1, -0.05) is 19.6 Å². The van der Waals surface area contributed by atoms with Gasteiger partial charge in [0.25, 0.3) is 0 Å². The molecule has 0 aromatic rings. The van der Waals surface area contributed by atoms with Gasteiger partial charge in [0.1, 0.15) is 14.7 Å². The number of hydrogen-bond acceptors (Lipinski definition) is 2. The zero-order valence-electron chi connectivity index (χ0n) is 8.81. The van der Waals surface area contributed by atoms with Gasteiger partial charge in [-0.25, -0.2) is 0 Å². The Balaban J connectivity index is 2.75. The van der Waals surface area contributed by atoms with Crippen LogP contribution in [0.4, 0.5) is 0 Å². The second kappa shape index (κ2) is 3.49. The molecule has 0 aromatic heterocycles. The Bertz CT molecular complexity index is 241. The molecule has 2 N–H and O–H groups in total. The van der Waals surface area contributed by atoms with E-state index in [9.17, 15) is 0 Å². The summed E-state index contributed by atoms with van der Waals surface area (Å²) >= 11 is 0. The van der Waals surface area contributed by atoms with Crippen molar-refractivity contribution in [2.45, 2.75) is 26.6 Å². The van der Waals surface area contributed by atoms with E-state index in [0.29, 0.717) is 12.6 Å². The zero-order valence-corrected chi connectivity index (χ0v) is 9.81. The maximum Gasteiger partial charge on any atom is 0.197 e. The van der Waals surface area contributed by atoms with Crippen LogP contribution in [-0.2, 0) is 0 Å². The summed E-state index contributed by atoms with van der Waals surface area (Å²) < 4.78 is 0. The van der Waals surface area contributed by atoms with Crippen LogP contribution in [0.2, 0.25) is 19.6 Å². The molecule has 0 aromatic carbocycles. The fourth-order valence-corrected chi connectivity index (χ4v) is 2.18. The number of hydrogen-bond donors (Lipinski definition) is 2. The van der Waals surface area contributed by atoms with E-state index in [2.05, 4.69) is 30.0 Å². The molecule has 0 atom stereocenters. The Morgan fingerprint density at radius 3 is 2.54 bits per heavy atom. The van der Waals surface area contributed by atoms with Gasteiger partial charge in [-0.2, -0.15) is 0 Å². The number of nitrogens with one attached hydrogen (secondary N) is 2. The minimum Gasteiger partial charge on any atom is -0.324 e. The van der Waals surface area contributed by atoms with Crippen molar-refractivity contribution in [1.29, 1.82) is 5.41 Å². The molecule has 1 heterocycles. The topological polar surface area (TPSA) is 51.5 Å². The fourth-order valence-electron chi connectivity index (χ4n) is 1.14. The summed E-state index contributed by atoms with van der Waals surface area (Å²) in [4.78, 5) is 6.36. The lowest BCUT2D eigenvalue weighted by Gasteiger charge is -2.31. The Morgan fingerprint density at radius 2 is 2.15 bits per heavy atom. The van der Waals surface area contributed by atoms with Crippen molar-refractivity contribution in [1.82, 2.24) is 10.2 Å². The van der Waals surface area contributed by atoms with Gasteiger partial charge < -0.3 is 10.2 Å². The molecular formula is C8H18N4Si. The molecule has 1 rings (SSSR count). The van der Waals surface area contributed by atoms with E-state index in [1.165, 1.54) is 0 Å². The maximum absolute atomic E-state index is 7.71. The summed E-state index contributed by atoms with van der Waals surface area (Å²) in [5, 5.41) is 10.8. The zero-order chi connectivity index (χ0) is 10.1. The fraction of sp³-hybridized carbons (Fsp3) is 0.750. The van der Waals surface area contributed by atoms with Gasteiger partial charge >= 0.3 is 0 Å². The van der Waals surface area contributed by atoms with E-state index in [4.69, 9.17) is 5.41 Å². The maximum atomic E-state index is 7.71. The minimum atomic E-state index is -1.37. The summed E-state index contributed by atoms with van der Waals surface area (Å²) in [5.41, 5.74) is 1.04. The van der Waals surface area contributed by atoms with Crippen LogP contribution in [0.3, 0.4) is 0 Å². The van der Waals surface area contributed by atoms with E-state index in [1.54, 1.807) is 0 Å². The van der Waals surface area contributed by atoms with Crippen molar-refractivity contribution in [3.63, 3.8) is 0 Å². The van der Waals surface area contributed by atoms with Crippen molar-refractivity contribution >= 4 is 19.5 Å². The lowest BCUT2D eigenvalue weighted by Crippen LogP contribution is -2.55. The number of aliphatic imine (C=N–C) groups is 1. The molecule has 0 saturated heterocycles. The first-order valence-corrected chi connectivity index (χ1v) is 8.10. The Labute approximate surface area is 80.6 Å². The normalized spacial score (nSPS) is 18.3. The quantitative estimate of drug-likeness (QED) is 0.652. The molecule has 5 heteroatoms. The third-order valence-electron chi connectivity index (χ3n) is 2.04. The molecule has 0 radical (unpaired) electrons. The second-order valence-corrected chi connectivity index (χ2v) is 9.20. The molecule has 13 heavy (non-hydrogen) atoms. The van der Waals surface area contributed by atoms with E-state index in [-0.39, 0.29) is 0 Å². The molecule has 0 unspecified atom stereocenters. The second-order valence-electron chi connectivity index (χ2n) is 4.23. The molecule has 1 aliphatic heterocycles. The summed E-state index contributed by atoms with van der Waals surface area (Å²) in [6.07, 6.45) is 0. The minimum absolute atomic E-state index is 0.495. The predicted octanol–water partition coefficient (Wildman–Crippen LogP) is 1.08. The van der Waals surface area contributed by atoms with Crippen molar-refractivity contribution in [2.75, 3.05) is 13.2 Å². The average Bonchev–Trinajstić information content (AvgIpc) is 2.02. The molecular weight excluding hydrogens is 180 g/mol. The van der Waals surface area contributed by atoms with Crippen LogP contribution >= 0.6 is 0 Å². The highest BCUT2D eigenvalue weighted by Crippen LogP contribution is 2.06. The molecule has 0 spiro atoms. The molecule has 0 saturated carbocycles. The highest BCUT2D eigenvalue weighted by Gasteiger charge is 2.26. The number of guanidine groups is 1. The number of amidine groups is 1. The molecule has 0 aliphatic carbocycles. The van der Waals surface area contributed by atoms with E-state index >= 15 is 0 Å². The molecule has 74 valence electrons. The Kier molecular flexibility index (Phi) is 2.75. The summed E-state index contributed by atoms with van der Waals surface area (Å²) in [5.74, 6) is 0.495. The van der Waals surface area contributed by atoms with Crippen LogP contribution in [0.1, 0.15) is 6.92 Å². The van der Waals surface area contributed by atoms with Crippen LogP contribution in [0.15, 0.2) is 4.99 Å². The summed E-state index contributed by atoms with van der Waals surface area (Å²) in [7, 11) is -1.37. The van der Waals surface area contributed by atoms with Crippen LogP contribution in [0.5, 0.6) is 0 Å². The van der Waals surface area contributed by atoms with Gasteiger partial charge in [-0.15, -0.1) is 0 Å². The highest BCUT2D eigenvalue weighted by molar-refractivity contribution is 7.04. The highest BCUT2D eigenvalue weighted by atomic mass is 28.3. The number of rotatable bonds is 2. The van der Waals surface area contributed by atoms with Crippen molar-refractivity contribution in [3.05, 3.63) is 0 Å². The number of nitrogens with zero attached hydrogens (tertiary/aromatic N) is 2. The summed E-state index contributed by atoms with van der Waals surface area (Å²) in [6.45, 7) is 10.2. The third-order valence-corrected chi connectivity index (χ3v) is 3.75. The predicted molar refractivity (Wildman–Crippen MR) is 58.9 cm³/mol. The smallest absolute Gasteiger partial charge is 0.197 e. The molecule has 0 bridgehead atoms. The van der Waals surface area contributed by atoms with Gasteiger partial charge in [0.15, 0.2) is 5.96 Å². The Morgan fingerprint density at radius 1 is 1.54 bits per heavy atom. The standard InChI is InChI=1S/C8H18N4Si/c1-5-12-6-10-8(11-7(12)9)13(2,3)4/h5-6H2,1-4H3,(H2,9,10,11). The average molecular weight is 198 g/mol. The van der Waals surface area contributed by atoms with Gasteiger partial charge in [0.2, 0.25) is 0 Å². The largest absolute Gasteiger partial charge is 0.324 e. The molecule has 4 nitrogen and oxygen atoms in total. The van der Waals surface area contributed by atoms with Crippen LogP contribution in [0.25, 0.3) is 0 Å². The van der Waals surface area contributed by atoms with Crippen LogP contribution < -0.4 is 5.32 Å². The van der Waals surface area contributed by atoms with E-state index < -0.39 is 8.07 Å². The van der Waals surface area contributed by atoms with Crippen molar-refractivity contribution in [3.8, 4) is 0 Å². The van der Waals surface area contributed by atoms with Gasteiger partial charge in [0, 0.05) is 6.54 Å². The van der Waals surface area contributed by atoms with Crippen LogP contribution in [0, 0.1) is 5.41 Å². The van der Waals surface area contributed by atoms with Gasteiger partial charge in [-0.05, 0) is 6.92 Å². The van der Waals surface area contributed by atoms with Gasteiger partial charge in [-0.3, -0.25) is 10.4 Å². The van der Waals surface area contributed by atoms with Gasteiger partial charge in [0.05, 0.1) is 5.46 Å². The third kappa shape index (κ3) is 2.30. The molecule has 0 amide bonds. The first kappa shape index (κ1) is 10.2. The first-order valence-electron chi connectivity index (χ1n) is 4.60. The monoisotopic (exact) mass is 198 g/mol. The Hall–Kier alpha value is -0.843. The van der Waals surface area contributed by atoms with E-state index in [1.807, 2.05) is 11.8 Å². The lowest BCUT2D eigenvalue weighted by molar-refractivity contribution is 0.433. The lowest BCUT2D eigenvalue weighted by atomic mass is 10.6. The van der Waals surface area contributed by atoms with Crippen LogP contribution in [-0.4, -0.2) is 37.6 Å². The van der Waals surface area contributed by atoms with Crippen molar-refractivity contribution in [2.24, 2.45) is 4.99 Å². The summed E-state index contributed by atoms with van der Waals surface area (Å²) in [6, 6.07) is 0.